The zero-order valence-electron chi connectivity index (χ0n) is 20.9. The van der Waals surface area contributed by atoms with Crippen LogP contribution in [-0.2, 0) is 20.8 Å². The zero-order chi connectivity index (χ0) is 26.9. The van der Waals surface area contributed by atoms with E-state index < -0.39 is 17.4 Å². The number of benzene rings is 2. The summed E-state index contributed by atoms with van der Waals surface area (Å²) < 4.78 is 9.34. The topological polar surface area (TPSA) is 157 Å². The predicted octanol–water partition coefficient (Wildman–Crippen LogP) is 4.81. The first-order chi connectivity index (χ1) is 17.3. The molecular formula is C26H32N4O6. The van der Waals surface area contributed by atoms with Crippen molar-refractivity contribution in [3.63, 3.8) is 0 Å². The summed E-state index contributed by atoms with van der Waals surface area (Å²) in [6.45, 7) is 7.50. The van der Waals surface area contributed by atoms with Gasteiger partial charge in [0.15, 0.2) is 5.69 Å². The van der Waals surface area contributed by atoms with Gasteiger partial charge in [0, 0.05) is 17.8 Å². The van der Waals surface area contributed by atoms with E-state index in [1.165, 1.54) is 12.5 Å². The zero-order valence-corrected chi connectivity index (χ0v) is 20.9. The summed E-state index contributed by atoms with van der Waals surface area (Å²) in [6, 6.07) is 19.7. The number of hydrogen-bond donors (Lipinski definition) is 3. The van der Waals surface area contributed by atoms with E-state index in [1.807, 2.05) is 67.6 Å². The average Bonchev–Trinajstić information content (AvgIpc) is 3.28. The van der Waals surface area contributed by atoms with Crippen molar-refractivity contribution >= 4 is 11.9 Å². The highest BCUT2D eigenvalue weighted by atomic mass is 16.5. The predicted molar refractivity (Wildman–Crippen MR) is 137 cm³/mol. The quantitative estimate of drug-likeness (QED) is 0.182. The van der Waals surface area contributed by atoms with Gasteiger partial charge in [-0.3, -0.25) is 0 Å². The molecule has 0 radical (unpaired) electrons. The first-order valence-corrected chi connectivity index (χ1v) is 11.2. The van der Waals surface area contributed by atoms with Gasteiger partial charge in [-0.05, 0) is 38.4 Å². The Balaban J connectivity index is 0.000000294. The van der Waals surface area contributed by atoms with Crippen LogP contribution in [0.15, 0.2) is 77.3 Å². The maximum absolute atomic E-state index is 11.6. The van der Waals surface area contributed by atoms with E-state index in [-0.39, 0.29) is 12.6 Å². The second-order valence-corrected chi connectivity index (χ2v) is 7.08. The molecule has 0 saturated carbocycles. The van der Waals surface area contributed by atoms with Gasteiger partial charge in [-0.2, -0.15) is 0 Å². The summed E-state index contributed by atoms with van der Waals surface area (Å²) in [5.74, 6) is -1.03. The maximum Gasteiger partial charge on any atom is 0.364 e. The van der Waals surface area contributed by atoms with Gasteiger partial charge >= 0.3 is 11.9 Å². The Kier molecular flexibility index (Phi) is 13.5. The summed E-state index contributed by atoms with van der Waals surface area (Å²) in [7, 11) is 0. The van der Waals surface area contributed by atoms with E-state index in [2.05, 4.69) is 19.9 Å². The highest BCUT2D eigenvalue weighted by molar-refractivity contribution is 5.89. The van der Waals surface area contributed by atoms with E-state index >= 15 is 0 Å². The normalized spacial score (nSPS) is 10.5. The van der Waals surface area contributed by atoms with Gasteiger partial charge in [-0.25, -0.2) is 14.6 Å². The number of nitrogens with two attached hydrogens (primary N) is 1. The molecule has 36 heavy (non-hydrogen) atoms. The Morgan fingerprint density at radius 2 is 1.56 bits per heavy atom. The highest BCUT2D eigenvalue weighted by Crippen LogP contribution is 2.18. The summed E-state index contributed by atoms with van der Waals surface area (Å²) in [4.78, 5) is 39.5. The molecule has 1 aromatic heterocycles. The van der Waals surface area contributed by atoms with Crippen molar-refractivity contribution in [3.05, 3.63) is 94.0 Å². The number of nitroso groups, excluding NO2 is 1. The van der Waals surface area contributed by atoms with E-state index in [9.17, 15) is 14.5 Å². The number of carbonyl (C=O) groups is 2. The molecule has 10 heteroatoms. The Morgan fingerprint density at radius 1 is 1.00 bits per heavy atom. The number of hydrogen-bond acceptors (Lipinski definition) is 9. The number of aliphatic hydroxyl groups excluding tert-OH is 1. The smallest absolute Gasteiger partial charge is 0.364 e. The van der Waals surface area contributed by atoms with Gasteiger partial charge in [0.2, 0.25) is 5.70 Å². The fraction of sp³-hybridized carbons (Fsp3) is 0.269. The average molecular weight is 497 g/mol. The molecule has 0 unspecified atom stereocenters. The molecule has 0 saturated heterocycles. The second kappa shape index (κ2) is 16.3. The van der Waals surface area contributed by atoms with Crippen LogP contribution in [-0.4, -0.2) is 40.2 Å². The summed E-state index contributed by atoms with van der Waals surface area (Å²) in [5.41, 5.74) is 7.99. The Labute approximate surface area is 210 Å². The number of aliphatic hydroxyl groups is 1. The van der Waals surface area contributed by atoms with Crippen LogP contribution in [0.1, 0.15) is 42.5 Å². The molecule has 192 valence electrons. The number of aromatic nitrogens is 2. The third kappa shape index (κ3) is 9.90. The fourth-order valence-corrected chi connectivity index (χ4v) is 2.66. The standard InChI is InChI=1S/C13H14N2O2.C7H9N.C6H9NO4/c1-3-17-13(16)11-9(2)14-12(15-11)10-7-5-4-6-8-10;8-6-7-4-2-1-3-5-7;1-3-11-6(9)5(7-10)4(2)8/h4-8H,3H2,1-2H3,(H,14,15);1-5H,6,8H2;8H,3H2,1-2H3. The second-order valence-electron chi connectivity index (χ2n) is 7.08. The lowest BCUT2D eigenvalue weighted by Gasteiger charge is -1.98. The van der Waals surface area contributed by atoms with Crippen LogP contribution in [0, 0.1) is 11.8 Å². The van der Waals surface area contributed by atoms with E-state index in [1.54, 1.807) is 13.8 Å². The molecule has 2 aromatic carbocycles. The maximum atomic E-state index is 11.6. The first-order valence-electron chi connectivity index (χ1n) is 11.2. The molecule has 10 nitrogen and oxygen atoms in total. The van der Waals surface area contributed by atoms with Gasteiger partial charge in [-0.15, -0.1) is 4.91 Å². The molecule has 0 atom stereocenters. The highest BCUT2D eigenvalue weighted by Gasteiger charge is 2.16. The minimum Gasteiger partial charge on any atom is -0.510 e. The number of rotatable bonds is 7. The summed E-state index contributed by atoms with van der Waals surface area (Å²) in [6.07, 6.45) is 0. The van der Waals surface area contributed by atoms with Gasteiger partial charge in [0.1, 0.15) is 11.6 Å². The molecule has 3 rings (SSSR count). The number of H-pyrrole nitrogens is 1. The number of esters is 2. The molecule has 3 aromatic rings. The molecule has 0 fully saturated rings. The van der Waals surface area contributed by atoms with Gasteiger partial charge in [0.05, 0.1) is 13.2 Å². The number of nitrogens with one attached hydrogen (secondary N) is 1. The Hall–Kier alpha value is -4.31. The van der Waals surface area contributed by atoms with Crippen LogP contribution in [0.4, 0.5) is 0 Å². The number of allylic oxidation sites excluding steroid dienone is 1. The first kappa shape index (κ1) is 29.7. The lowest BCUT2D eigenvalue weighted by Crippen LogP contribution is -2.07. The molecule has 0 aliphatic heterocycles. The van der Waals surface area contributed by atoms with Crippen LogP contribution in [0.2, 0.25) is 0 Å². The van der Waals surface area contributed by atoms with Crippen molar-refractivity contribution in [1.82, 2.24) is 9.97 Å². The van der Waals surface area contributed by atoms with Crippen LogP contribution < -0.4 is 5.73 Å². The monoisotopic (exact) mass is 496 g/mol. The van der Waals surface area contributed by atoms with Crippen molar-refractivity contribution < 1.29 is 24.2 Å². The summed E-state index contributed by atoms with van der Waals surface area (Å²) >= 11 is 0. The SMILES string of the molecule is CCOC(=O)C(N=O)=C(C)O.CCOC(=O)c1nc(-c2ccccc2)[nH]c1C.NCc1ccccc1. The molecule has 0 aliphatic rings. The number of aromatic amines is 1. The molecule has 0 aliphatic carbocycles. The van der Waals surface area contributed by atoms with Crippen LogP contribution in [0.25, 0.3) is 11.4 Å². The van der Waals surface area contributed by atoms with Gasteiger partial charge in [0.25, 0.3) is 0 Å². The largest absolute Gasteiger partial charge is 0.510 e. The molecule has 1 heterocycles. The molecule has 4 N–H and O–H groups in total. The Morgan fingerprint density at radius 3 is 2.00 bits per heavy atom. The van der Waals surface area contributed by atoms with Crippen molar-refractivity contribution in [1.29, 1.82) is 0 Å². The molecular weight excluding hydrogens is 464 g/mol. The molecule has 0 spiro atoms. The van der Waals surface area contributed by atoms with Crippen molar-refractivity contribution in [2.24, 2.45) is 10.9 Å². The molecule has 0 amide bonds. The number of carbonyl (C=O) groups excluding carboxylic acids is 2. The number of ether oxygens (including phenoxy) is 2. The van der Waals surface area contributed by atoms with Crippen molar-refractivity contribution in [3.8, 4) is 11.4 Å². The lowest BCUT2D eigenvalue weighted by molar-refractivity contribution is -0.138. The van der Waals surface area contributed by atoms with Crippen molar-refractivity contribution in [2.75, 3.05) is 13.2 Å². The molecule has 0 bridgehead atoms. The third-order valence-corrected chi connectivity index (χ3v) is 4.38. The number of imidazole rings is 1. The fourth-order valence-electron chi connectivity index (χ4n) is 2.66. The summed E-state index contributed by atoms with van der Waals surface area (Å²) in [5, 5.41) is 11.0. The van der Waals surface area contributed by atoms with E-state index in [4.69, 9.17) is 15.6 Å². The van der Waals surface area contributed by atoms with Crippen LogP contribution in [0.3, 0.4) is 0 Å². The Bertz CT molecular complexity index is 1120. The van der Waals surface area contributed by atoms with Crippen molar-refractivity contribution in [2.45, 2.75) is 34.2 Å². The van der Waals surface area contributed by atoms with Crippen LogP contribution >= 0.6 is 0 Å². The van der Waals surface area contributed by atoms with E-state index in [0.29, 0.717) is 24.7 Å². The van der Waals surface area contributed by atoms with Gasteiger partial charge < -0.3 is 25.3 Å². The van der Waals surface area contributed by atoms with E-state index in [0.717, 1.165) is 11.3 Å². The van der Waals surface area contributed by atoms with Gasteiger partial charge in [-0.1, -0.05) is 60.7 Å². The lowest BCUT2D eigenvalue weighted by atomic mass is 10.2. The number of aryl methyl sites for hydroxylation is 1. The third-order valence-electron chi connectivity index (χ3n) is 4.38. The van der Waals surface area contributed by atoms with Crippen LogP contribution in [0.5, 0.6) is 0 Å². The number of nitrogens with zero attached hydrogens (tertiary/aromatic N) is 2. The minimum absolute atomic E-state index is 0.144. The minimum atomic E-state index is -0.900.